The number of carbonyl (C=O) groups excluding carboxylic acids is 1. The first kappa shape index (κ1) is 13.2. The molecule has 0 N–H and O–H groups in total. The van der Waals surface area contributed by atoms with Gasteiger partial charge in [-0.1, -0.05) is 13.5 Å². The van der Waals surface area contributed by atoms with Crippen LogP contribution in [0.25, 0.3) is 0 Å². The van der Waals surface area contributed by atoms with E-state index in [9.17, 15) is 4.79 Å². The second-order valence-corrected chi connectivity index (χ2v) is 3.92. The standard InChI is InChI=1S/C12H20O4/c1-5-9-11(14-6-2)10(7-15-9)16-12(13)8(3)4/h9-11H,3,5-7H2,1-2,4H3/t9-,10?,11+/m1/s1. The van der Waals surface area contributed by atoms with E-state index < -0.39 is 0 Å². The topological polar surface area (TPSA) is 44.8 Å². The van der Waals surface area contributed by atoms with Gasteiger partial charge in [-0.3, -0.25) is 0 Å². The molecular formula is C12H20O4. The number of esters is 1. The van der Waals surface area contributed by atoms with Gasteiger partial charge in [-0.2, -0.15) is 0 Å². The molecular weight excluding hydrogens is 208 g/mol. The van der Waals surface area contributed by atoms with Crippen molar-refractivity contribution >= 4 is 5.97 Å². The normalized spacial score (nSPS) is 29.1. The molecule has 16 heavy (non-hydrogen) atoms. The second-order valence-electron chi connectivity index (χ2n) is 3.92. The molecule has 1 aliphatic rings. The molecule has 0 bridgehead atoms. The van der Waals surface area contributed by atoms with Crippen LogP contribution in [0.1, 0.15) is 27.2 Å². The van der Waals surface area contributed by atoms with Gasteiger partial charge in [0.05, 0.1) is 12.7 Å². The van der Waals surface area contributed by atoms with Crippen molar-refractivity contribution in [1.29, 1.82) is 0 Å². The van der Waals surface area contributed by atoms with E-state index in [1.54, 1.807) is 6.92 Å². The smallest absolute Gasteiger partial charge is 0.333 e. The summed E-state index contributed by atoms with van der Waals surface area (Å²) in [6, 6.07) is 0. The Balaban J connectivity index is 2.58. The minimum absolute atomic E-state index is 0.0165. The summed E-state index contributed by atoms with van der Waals surface area (Å²) in [5, 5.41) is 0. The van der Waals surface area contributed by atoms with Crippen LogP contribution >= 0.6 is 0 Å². The number of ether oxygens (including phenoxy) is 3. The third kappa shape index (κ3) is 3.06. The zero-order valence-corrected chi connectivity index (χ0v) is 10.2. The lowest BCUT2D eigenvalue weighted by Crippen LogP contribution is -2.36. The zero-order valence-electron chi connectivity index (χ0n) is 10.2. The predicted molar refractivity (Wildman–Crippen MR) is 60.1 cm³/mol. The number of hydrogen-bond donors (Lipinski definition) is 0. The van der Waals surface area contributed by atoms with E-state index in [0.29, 0.717) is 18.8 Å². The average Bonchev–Trinajstić information content (AvgIpc) is 2.61. The Bertz CT molecular complexity index is 262. The van der Waals surface area contributed by atoms with Crippen molar-refractivity contribution in [3.05, 3.63) is 12.2 Å². The molecule has 0 aromatic rings. The number of rotatable bonds is 5. The maximum atomic E-state index is 11.4. The minimum atomic E-state index is -0.380. The molecule has 1 rings (SSSR count). The van der Waals surface area contributed by atoms with Gasteiger partial charge in [-0.05, 0) is 20.3 Å². The molecule has 1 heterocycles. The lowest BCUT2D eigenvalue weighted by molar-refractivity contribution is -0.149. The molecule has 1 saturated heterocycles. The minimum Gasteiger partial charge on any atom is -0.454 e. The van der Waals surface area contributed by atoms with Crippen molar-refractivity contribution < 1.29 is 19.0 Å². The first-order valence-electron chi connectivity index (χ1n) is 5.69. The quantitative estimate of drug-likeness (QED) is 0.530. The highest BCUT2D eigenvalue weighted by Gasteiger charge is 2.39. The Morgan fingerprint density at radius 3 is 2.69 bits per heavy atom. The SMILES string of the molecule is C=C(C)C(=O)OC1CO[C@H](CC)[C@@H]1OCC. The fourth-order valence-corrected chi connectivity index (χ4v) is 1.74. The second kappa shape index (κ2) is 6.01. The van der Waals surface area contributed by atoms with E-state index >= 15 is 0 Å². The highest BCUT2D eigenvalue weighted by atomic mass is 16.6. The third-order valence-electron chi connectivity index (χ3n) is 2.58. The molecule has 4 nitrogen and oxygen atoms in total. The zero-order chi connectivity index (χ0) is 12.1. The average molecular weight is 228 g/mol. The molecule has 3 atom stereocenters. The molecule has 0 aliphatic carbocycles. The van der Waals surface area contributed by atoms with Crippen LogP contribution in [0.4, 0.5) is 0 Å². The summed E-state index contributed by atoms with van der Waals surface area (Å²) in [4.78, 5) is 11.4. The monoisotopic (exact) mass is 228 g/mol. The van der Waals surface area contributed by atoms with Crippen LogP contribution in [-0.2, 0) is 19.0 Å². The number of hydrogen-bond acceptors (Lipinski definition) is 4. The molecule has 1 fully saturated rings. The fourth-order valence-electron chi connectivity index (χ4n) is 1.74. The summed E-state index contributed by atoms with van der Waals surface area (Å²) >= 11 is 0. The molecule has 1 unspecified atom stereocenters. The summed E-state index contributed by atoms with van der Waals surface area (Å²) in [5.74, 6) is -0.380. The van der Waals surface area contributed by atoms with Gasteiger partial charge in [0.25, 0.3) is 0 Å². The Morgan fingerprint density at radius 2 is 2.19 bits per heavy atom. The van der Waals surface area contributed by atoms with E-state index in [1.165, 1.54) is 0 Å². The number of carbonyl (C=O) groups is 1. The molecule has 0 amide bonds. The van der Waals surface area contributed by atoms with E-state index in [-0.39, 0.29) is 24.3 Å². The molecule has 0 spiro atoms. The molecule has 0 aromatic heterocycles. The Labute approximate surface area is 96.6 Å². The van der Waals surface area contributed by atoms with Crippen LogP contribution in [-0.4, -0.2) is 37.5 Å². The fraction of sp³-hybridized carbons (Fsp3) is 0.750. The molecule has 1 aliphatic heterocycles. The van der Waals surface area contributed by atoms with E-state index in [2.05, 4.69) is 6.58 Å². The van der Waals surface area contributed by atoms with Crippen LogP contribution in [0.3, 0.4) is 0 Å². The highest BCUT2D eigenvalue weighted by molar-refractivity contribution is 5.87. The third-order valence-corrected chi connectivity index (χ3v) is 2.58. The van der Waals surface area contributed by atoms with Crippen LogP contribution in [0.5, 0.6) is 0 Å². The van der Waals surface area contributed by atoms with Gasteiger partial charge in [-0.25, -0.2) is 4.79 Å². The van der Waals surface area contributed by atoms with Gasteiger partial charge >= 0.3 is 5.97 Å². The van der Waals surface area contributed by atoms with Crippen molar-refractivity contribution in [2.45, 2.75) is 45.5 Å². The van der Waals surface area contributed by atoms with Crippen molar-refractivity contribution in [1.82, 2.24) is 0 Å². The molecule has 92 valence electrons. The van der Waals surface area contributed by atoms with Gasteiger partial charge in [0, 0.05) is 12.2 Å². The summed E-state index contributed by atoms with van der Waals surface area (Å²) in [6.07, 6.45) is 0.404. The largest absolute Gasteiger partial charge is 0.454 e. The Kier molecular flexibility index (Phi) is 4.96. The summed E-state index contributed by atoms with van der Waals surface area (Å²) in [7, 11) is 0. The molecule has 0 radical (unpaired) electrons. The maximum absolute atomic E-state index is 11.4. The van der Waals surface area contributed by atoms with Gasteiger partial charge in [0.2, 0.25) is 0 Å². The first-order chi connectivity index (χ1) is 7.60. The van der Waals surface area contributed by atoms with Gasteiger partial charge in [-0.15, -0.1) is 0 Å². The molecule has 4 heteroatoms. The highest BCUT2D eigenvalue weighted by Crippen LogP contribution is 2.23. The van der Waals surface area contributed by atoms with Crippen LogP contribution in [0, 0.1) is 0 Å². The van der Waals surface area contributed by atoms with Gasteiger partial charge < -0.3 is 14.2 Å². The first-order valence-corrected chi connectivity index (χ1v) is 5.69. The van der Waals surface area contributed by atoms with Gasteiger partial charge in [0.15, 0.2) is 6.10 Å². The van der Waals surface area contributed by atoms with Crippen molar-refractivity contribution in [2.24, 2.45) is 0 Å². The summed E-state index contributed by atoms with van der Waals surface area (Å²) in [6.45, 7) is 10.1. The lowest BCUT2D eigenvalue weighted by atomic mass is 10.1. The van der Waals surface area contributed by atoms with Gasteiger partial charge in [0.1, 0.15) is 6.10 Å². The molecule has 0 saturated carbocycles. The van der Waals surface area contributed by atoms with Crippen LogP contribution < -0.4 is 0 Å². The van der Waals surface area contributed by atoms with E-state index in [0.717, 1.165) is 6.42 Å². The summed E-state index contributed by atoms with van der Waals surface area (Å²) < 4.78 is 16.4. The van der Waals surface area contributed by atoms with E-state index in [1.807, 2.05) is 13.8 Å². The van der Waals surface area contributed by atoms with Crippen molar-refractivity contribution in [2.75, 3.05) is 13.2 Å². The lowest BCUT2D eigenvalue weighted by Gasteiger charge is -2.21. The van der Waals surface area contributed by atoms with Crippen molar-refractivity contribution in [3.63, 3.8) is 0 Å². The Hall–Kier alpha value is -0.870. The van der Waals surface area contributed by atoms with Crippen molar-refractivity contribution in [3.8, 4) is 0 Å². The maximum Gasteiger partial charge on any atom is 0.333 e. The predicted octanol–water partition coefficient (Wildman–Crippen LogP) is 1.69. The van der Waals surface area contributed by atoms with Crippen LogP contribution in [0.2, 0.25) is 0 Å². The summed E-state index contributed by atoms with van der Waals surface area (Å²) in [5.41, 5.74) is 0.398. The van der Waals surface area contributed by atoms with Crippen LogP contribution in [0.15, 0.2) is 12.2 Å². The molecule has 0 aromatic carbocycles. The Morgan fingerprint density at radius 1 is 1.50 bits per heavy atom. The van der Waals surface area contributed by atoms with E-state index in [4.69, 9.17) is 14.2 Å².